The fourth-order valence-corrected chi connectivity index (χ4v) is 4.43. The minimum Gasteiger partial charge on any atom is -0.335 e. The molecule has 0 aromatic carbocycles. The smallest absolute Gasteiger partial charge is 0.176 e. The lowest BCUT2D eigenvalue weighted by atomic mass is 10.0. The van der Waals surface area contributed by atoms with Crippen LogP contribution in [0.15, 0.2) is 47.8 Å². The number of allylic oxidation sites excluding steroid dienone is 2. The number of hydrogen-bond donors (Lipinski definition) is 3. The van der Waals surface area contributed by atoms with E-state index in [1.165, 1.54) is 17.2 Å². The topological polar surface area (TPSA) is 82.3 Å². The summed E-state index contributed by atoms with van der Waals surface area (Å²) in [7, 11) is 0. The maximum atomic E-state index is 13.5. The van der Waals surface area contributed by atoms with E-state index in [1.54, 1.807) is 18.5 Å². The first-order valence-corrected chi connectivity index (χ1v) is 10.8. The van der Waals surface area contributed by atoms with Crippen LogP contribution in [0.1, 0.15) is 13.3 Å². The van der Waals surface area contributed by atoms with Crippen LogP contribution in [0.2, 0.25) is 0 Å². The standard InChI is InChI=1S/C23H21FN6S/c1-13(15-7-9-25-10-8-15)3-4-17-14(2)21(30-29-17)23-27-18-12-26-11-16(22(18)28-23)19-5-6-20(24)31-19/h3-7,11-12,25,29H,2,8-10H2,1H3,(H,27,28)/b13-3+,17-4+. The Balaban J connectivity index is 1.52. The number of nitrogens with zero attached hydrogens (tertiary/aromatic N) is 3. The minimum atomic E-state index is -0.237. The predicted molar refractivity (Wildman–Crippen MR) is 123 cm³/mol. The normalized spacial score (nSPS) is 15.6. The lowest BCUT2D eigenvalue weighted by Gasteiger charge is -2.13. The van der Waals surface area contributed by atoms with Crippen LogP contribution in [-0.2, 0) is 0 Å². The average molecular weight is 433 g/mol. The largest absolute Gasteiger partial charge is 0.335 e. The van der Waals surface area contributed by atoms with E-state index in [-0.39, 0.29) is 5.13 Å². The lowest BCUT2D eigenvalue weighted by Crippen LogP contribution is -2.22. The second-order valence-corrected chi connectivity index (χ2v) is 8.47. The Labute approximate surface area is 182 Å². The molecule has 4 aromatic heterocycles. The van der Waals surface area contributed by atoms with Gasteiger partial charge in [-0.1, -0.05) is 18.7 Å². The van der Waals surface area contributed by atoms with Crippen LogP contribution in [-0.4, -0.2) is 38.2 Å². The van der Waals surface area contributed by atoms with Gasteiger partial charge in [-0.3, -0.25) is 10.1 Å². The number of imidazole rings is 1. The Morgan fingerprint density at radius 3 is 2.97 bits per heavy atom. The van der Waals surface area contributed by atoms with E-state index < -0.39 is 0 Å². The van der Waals surface area contributed by atoms with E-state index in [1.807, 2.05) is 6.08 Å². The predicted octanol–water partition coefficient (Wildman–Crippen LogP) is 3.27. The highest BCUT2D eigenvalue weighted by molar-refractivity contribution is 7.14. The SMILES string of the molecule is C=c1c(-c2nc3c(-c4ccc(F)s4)cncc3[nH]2)n[nH]/c1=C/C=C(\C)C1=CCNCC1. The van der Waals surface area contributed by atoms with Crippen molar-refractivity contribution in [1.29, 1.82) is 0 Å². The first kappa shape index (κ1) is 19.6. The van der Waals surface area contributed by atoms with E-state index >= 15 is 0 Å². The first-order chi connectivity index (χ1) is 15.1. The number of H-pyrrole nitrogens is 2. The van der Waals surface area contributed by atoms with Gasteiger partial charge in [0.1, 0.15) is 11.2 Å². The number of thiophene rings is 1. The van der Waals surface area contributed by atoms with Gasteiger partial charge in [-0.15, -0.1) is 11.3 Å². The molecule has 0 fully saturated rings. The Morgan fingerprint density at radius 2 is 2.19 bits per heavy atom. The molecule has 6 nitrogen and oxygen atoms in total. The quantitative estimate of drug-likeness (QED) is 0.462. The monoisotopic (exact) mass is 432 g/mol. The molecule has 0 unspecified atom stereocenters. The zero-order valence-corrected chi connectivity index (χ0v) is 17.8. The number of rotatable bonds is 4. The number of hydrogen-bond acceptors (Lipinski definition) is 5. The molecule has 156 valence electrons. The summed E-state index contributed by atoms with van der Waals surface area (Å²) < 4.78 is 13.5. The van der Waals surface area contributed by atoms with Crippen LogP contribution < -0.4 is 15.9 Å². The summed E-state index contributed by atoms with van der Waals surface area (Å²) in [5, 5.41) is 12.2. The summed E-state index contributed by atoms with van der Waals surface area (Å²) in [6.07, 6.45) is 10.8. The van der Waals surface area contributed by atoms with Gasteiger partial charge in [0.05, 0.1) is 17.1 Å². The van der Waals surface area contributed by atoms with Gasteiger partial charge in [-0.25, -0.2) is 4.98 Å². The number of aromatic nitrogens is 5. The van der Waals surface area contributed by atoms with Crippen LogP contribution in [0, 0.1) is 5.13 Å². The lowest BCUT2D eigenvalue weighted by molar-refractivity contribution is 0.657. The number of pyridine rings is 1. The Kier molecular flexibility index (Phi) is 5.09. The third-order valence-electron chi connectivity index (χ3n) is 5.43. The molecule has 5 rings (SSSR count). The summed E-state index contributed by atoms with van der Waals surface area (Å²) in [4.78, 5) is 13.1. The van der Waals surface area contributed by atoms with Crippen molar-refractivity contribution in [3.63, 3.8) is 0 Å². The molecule has 8 heteroatoms. The molecule has 1 aliphatic rings. The van der Waals surface area contributed by atoms with Crippen LogP contribution in [0.3, 0.4) is 0 Å². The molecule has 0 saturated carbocycles. The van der Waals surface area contributed by atoms with Gasteiger partial charge in [-0.05, 0) is 49.2 Å². The van der Waals surface area contributed by atoms with Crippen LogP contribution in [0.5, 0.6) is 0 Å². The van der Waals surface area contributed by atoms with Crippen molar-refractivity contribution in [2.24, 2.45) is 0 Å². The molecule has 1 aliphatic heterocycles. The summed E-state index contributed by atoms with van der Waals surface area (Å²) in [6.45, 7) is 8.24. The van der Waals surface area contributed by atoms with E-state index in [0.29, 0.717) is 11.5 Å². The van der Waals surface area contributed by atoms with E-state index in [0.717, 1.165) is 62.9 Å². The second kappa shape index (κ2) is 8.05. The molecule has 0 aliphatic carbocycles. The van der Waals surface area contributed by atoms with Crippen LogP contribution >= 0.6 is 11.3 Å². The molecule has 0 spiro atoms. The van der Waals surface area contributed by atoms with Gasteiger partial charge in [0.25, 0.3) is 0 Å². The maximum Gasteiger partial charge on any atom is 0.176 e. The molecular formula is C23H21FN6S. The van der Waals surface area contributed by atoms with Crippen molar-refractivity contribution in [3.05, 3.63) is 63.5 Å². The summed E-state index contributed by atoms with van der Waals surface area (Å²) >= 11 is 1.07. The third-order valence-corrected chi connectivity index (χ3v) is 6.33. The Hall–Kier alpha value is -3.36. The average Bonchev–Trinajstić information content (AvgIpc) is 3.50. The van der Waals surface area contributed by atoms with Gasteiger partial charge in [-0.2, -0.15) is 9.49 Å². The van der Waals surface area contributed by atoms with Crippen molar-refractivity contribution < 1.29 is 4.39 Å². The fraction of sp³-hybridized carbons (Fsp3) is 0.174. The van der Waals surface area contributed by atoms with Crippen LogP contribution in [0.4, 0.5) is 4.39 Å². The molecule has 0 atom stereocenters. The molecule has 4 aromatic rings. The van der Waals surface area contributed by atoms with Gasteiger partial charge >= 0.3 is 0 Å². The highest BCUT2D eigenvalue weighted by Crippen LogP contribution is 2.32. The van der Waals surface area contributed by atoms with Crippen molar-refractivity contribution in [3.8, 4) is 22.0 Å². The van der Waals surface area contributed by atoms with Crippen molar-refractivity contribution >= 4 is 35.0 Å². The Morgan fingerprint density at radius 1 is 1.29 bits per heavy atom. The zero-order valence-electron chi connectivity index (χ0n) is 17.0. The highest BCUT2D eigenvalue weighted by atomic mass is 32.1. The number of nitrogens with one attached hydrogen (secondary N) is 3. The molecule has 0 amide bonds. The summed E-state index contributed by atoms with van der Waals surface area (Å²) in [5.41, 5.74) is 5.53. The van der Waals surface area contributed by atoms with Crippen molar-refractivity contribution in [1.82, 2.24) is 30.5 Å². The van der Waals surface area contributed by atoms with Gasteiger partial charge in [0.2, 0.25) is 0 Å². The van der Waals surface area contributed by atoms with E-state index in [2.05, 4.69) is 51.1 Å². The van der Waals surface area contributed by atoms with Gasteiger partial charge in [0, 0.05) is 28.4 Å². The first-order valence-electron chi connectivity index (χ1n) is 10.0. The molecule has 0 radical (unpaired) electrons. The van der Waals surface area contributed by atoms with Gasteiger partial charge in [0.15, 0.2) is 11.0 Å². The number of aromatic amines is 2. The fourth-order valence-electron chi connectivity index (χ4n) is 3.69. The molecule has 3 N–H and O–H groups in total. The van der Waals surface area contributed by atoms with E-state index in [9.17, 15) is 4.39 Å². The minimum absolute atomic E-state index is 0.237. The van der Waals surface area contributed by atoms with Crippen molar-refractivity contribution in [2.45, 2.75) is 13.3 Å². The third kappa shape index (κ3) is 3.75. The summed E-state index contributed by atoms with van der Waals surface area (Å²) in [6, 6.07) is 3.19. The summed E-state index contributed by atoms with van der Waals surface area (Å²) in [5.74, 6) is 0.601. The molecule has 0 bridgehead atoms. The van der Waals surface area contributed by atoms with Crippen molar-refractivity contribution in [2.75, 3.05) is 13.1 Å². The van der Waals surface area contributed by atoms with Crippen LogP contribution in [0.25, 0.3) is 45.6 Å². The van der Waals surface area contributed by atoms with E-state index in [4.69, 9.17) is 4.98 Å². The molecular weight excluding hydrogens is 411 g/mol. The zero-order chi connectivity index (χ0) is 21.4. The Bertz CT molecular complexity index is 1440. The second-order valence-electron chi connectivity index (χ2n) is 7.44. The molecule has 0 saturated heterocycles. The molecule has 5 heterocycles. The molecule has 31 heavy (non-hydrogen) atoms. The maximum absolute atomic E-state index is 13.5. The number of fused-ring (bicyclic) bond motifs is 1. The number of halogens is 1. The highest BCUT2D eigenvalue weighted by Gasteiger charge is 2.15. The van der Waals surface area contributed by atoms with Gasteiger partial charge < -0.3 is 10.3 Å².